The van der Waals surface area contributed by atoms with Gasteiger partial charge in [0, 0.05) is 41.6 Å². The van der Waals surface area contributed by atoms with E-state index in [2.05, 4.69) is 37.4 Å². The number of anilines is 1. The molecule has 1 aromatic carbocycles. The first-order chi connectivity index (χ1) is 18.0. The number of hydrogen-bond acceptors (Lipinski definition) is 6. The molecule has 1 atom stereocenters. The fraction of sp³-hybridized carbons (Fsp3) is 0.414. The predicted molar refractivity (Wildman–Crippen MR) is 151 cm³/mol. The average molecular weight is 586 g/mol. The number of nitrogens with zero attached hydrogens (tertiary/aromatic N) is 4. The first kappa shape index (κ1) is 27.8. The summed E-state index contributed by atoms with van der Waals surface area (Å²) in [5.74, 6) is 1.20. The van der Waals surface area contributed by atoms with E-state index in [9.17, 15) is 9.18 Å². The Morgan fingerprint density at radius 2 is 1.97 bits per heavy atom. The summed E-state index contributed by atoms with van der Waals surface area (Å²) in [7, 11) is 0. The minimum Gasteiger partial charge on any atom is -0.451 e. The molecule has 7 nitrogen and oxygen atoms in total. The highest BCUT2D eigenvalue weighted by Crippen LogP contribution is 2.44. The minimum atomic E-state index is -0.523. The predicted octanol–water partition coefficient (Wildman–Crippen LogP) is 7.11. The van der Waals surface area contributed by atoms with Crippen LogP contribution in [-0.4, -0.2) is 52.7 Å². The standard InChI is InChI=1S/C29H34BrFN4O3/c1-6-7-8-23(30)20(2)22-15-21(31)9-10-24(22)37-25-16-32-19-33-26(25)34-13-11-29(17-34)12-14-35(18-29)27(36)38-28(3,4)5/h6-10,15-16,19H,2,11-14,17-18H2,1,3-5H3/b7-6-,23-8+. The molecule has 0 radical (unpaired) electrons. The first-order valence-corrected chi connectivity index (χ1v) is 13.5. The monoisotopic (exact) mass is 584 g/mol. The maximum absolute atomic E-state index is 14.2. The van der Waals surface area contributed by atoms with Crippen molar-refractivity contribution in [2.24, 2.45) is 5.41 Å². The Morgan fingerprint density at radius 3 is 2.71 bits per heavy atom. The average Bonchev–Trinajstić information content (AvgIpc) is 3.49. The second-order valence-corrected chi connectivity index (χ2v) is 11.6. The van der Waals surface area contributed by atoms with E-state index in [-0.39, 0.29) is 17.3 Å². The first-order valence-electron chi connectivity index (χ1n) is 12.7. The summed E-state index contributed by atoms with van der Waals surface area (Å²) in [5.41, 5.74) is 0.555. The third-order valence-electron chi connectivity index (χ3n) is 6.70. The number of amides is 1. The van der Waals surface area contributed by atoms with Gasteiger partial charge in [-0.15, -0.1) is 0 Å². The van der Waals surface area contributed by atoms with E-state index >= 15 is 0 Å². The molecule has 2 aromatic rings. The van der Waals surface area contributed by atoms with Crippen LogP contribution in [0.25, 0.3) is 5.57 Å². The van der Waals surface area contributed by atoms with Crippen LogP contribution < -0.4 is 9.64 Å². The highest BCUT2D eigenvalue weighted by atomic mass is 79.9. The number of rotatable bonds is 6. The van der Waals surface area contributed by atoms with Crippen LogP contribution in [0.5, 0.6) is 11.5 Å². The molecule has 3 heterocycles. The highest BCUT2D eigenvalue weighted by molar-refractivity contribution is 9.12. The molecular weight excluding hydrogens is 551 g/mol. The third-order valence-corrected chi connectivity index (χ3v) is 7.44. The zero-order valence-corrected chi connectivity index (χ0v) is 23.9. The molecule has 0 N–H and O–H groups in total. The van der Waals surface area contributed by atoms with Gasteiger partial charge in [0.05, 0.1) is 6.20 Å². The Kier molecular flexibility index (Phi) is 8.25. The van der Waals surface area contributed by atoms with Crippen molar-refractivity contribution in [3.05, 3.63) is 71.4 Å². The van der Waals surface area contributed by atoms with Crippen LogP contribution in [0.4, 0.5) is 15.0 Å². The van der Waals surface area contributed by atoms with Crippen LogP contribution in [0.1, 0.15) is 46.1 Å². The quantitative estimate of drug-likeness (QED) is 0.337. The highest BCUT2D eigenvalue weighted by Gasteiger charge is 2.46. The zero-order chi connectivity index (χ0) is 27.5. The summed E-state index contributed by atoms with van der Waals surface area (Å²) in [4.78, 5) is 25.3. The van der Waals surface area contributed by atoms with Crippen molar-refractivity contribution in [3.63, 3.8) is 0 Å². The number of halogens is 2. The molecule has 0 bridgehead atoms. The lowest BCUT2D eigenvalue weighted by Gasteiger charge is -2.27. The molecule has 1 spiro atoms. The summed E-state index contributed by atoms with van der Waals surface area (Å²) in [6, 6.07) is 4.35. The van der Waals surface area contributed by atoms with E-state index in [4.69, 9.17) is 9.47 Å². The van der Waals surface area contributed by atoms with Crippen molar-refractivity contribution in [1.82, 2.24) is 14.9 Å². The van der Waals surface area contributed by atoms with E-state index < -0.39 is 5.60 Å². The van der Waals surface area contributed by atoms with Gasteiger partial charge < -0.3 is 19.3 Å². The summed E-state index contributed by atoms with van der Waals surface area (Å²) < 4.78 is 26.8. The lowest BCUT2D eigenvalue weighted by Crippen LogP contribution is -2.37. The van der Waals surface area contributed by atoms with Gasteiger partial charge in [-0.05, 0) is 70.4 Å². The van der Waals surface area contributed by atoms with Crippen LogP contribution in [0.3, 0.4) is 0 Å². The molecule has 0 saturated carbocycles. The van der Waals surface area contributed by atoms with Crippen molar-refractivity contribution in [3.8, 4) is 11.5 Å². The number of benzene rings is 1. The number of likely N-dealkylation sites (tertiary alicyclic amines) is 1. The molecule has 38 heavy (non-hydrogen) atoms. The Labute approximate surface area is 232 Å². The van der Waals surface area contributed by atoms with Crippen LogP contribution in [-0.2, 0) is 4.74 Å². The molecule has 1 amide bonds. The van der Waals surface area contributed by atoms with Gasteiger partial charge in [-0.1, -0.05) is 34.7 Å². The smallest absolute Gasteiger partial charge is 0.410 e. The molecule has 9 heteroatoms. The van der Waals surface area contributed by atoms with Crippen LogP contribution in [0.2, 0.25) is 0 Å². The molecule has 2 fully saturated rings. The van der Waals surface area contributed by atoms with E-state index in [0.717, 1.165) is 25.9 Å². The number of carbonyl (C=O) groups excluding carboxylic acids is 1. The molecule has 2 aliphatic heterocycles. The van der Waals surface area contributed by atoms with Gasteiger partial charge in [0.2, 0.25) is 0 Å². The van der Waals surface area contributed by atoms with Gasteiger partial charge in [-0.2, -0.15) is 0 Å². The molecule has 4 rings (SSSR count). The molecule has 2 aliphatic rings. The zero-order valence-electron chi connectivity index (χ0n) is 22.3. The number of aromatic nitrogens is 2. The Bertz CT molecular complexity index is 1270. The molecule has 202 valence electrons. The van der Waals surface area contributed by atoms with Crippen molar-refractivity contribution in [2.75, 3.05) is 31.1 Å². The molecule has 2 saturated heterocycles. The topological polar surface area (TPSA) is 67.8 Å². The van der Waals surface area contributed by atoms with Gasteiger partial charge in [0.1, 0.15) is 23.5 Å². The largest absolute Gasteiger partial charge is 0.451 e. The van der Waals surface area contributed by atoms with E-state index in [1.807, 2.05) is 50.8 Å². The second-order valence-electron chi connectivity index (χ2n) is 10.8. The van der Waals surface area contributed by atoms with Gasteiger partial charge in [0.25, 0.3) is 0 Å². The molecule has 1 aromatic heterocycles. The van der Waals surface area contributed by atoms with Crippen molar-refractivity contribution >= 4 is 33.4 Å². The summed E-state index contributed by atoms with van der Waals surface area (Å²) in [6.45, 7) is 14.5. The van der Waals surface area contributed by atoms with Gasteiger partial charge in [-0.3, -0.25) is 0 Å². The maximum Gasteiger partial charge on any atom is 0.410 e. The minimum absolute atomic E-state index is 0.0309. The second kappa shape index (κ2) is 11.3. The van der Waals surface area contributed by atoms with Gasteiger partial charge in [-0.25, -0.2) is 19.2 Å². The van der Waals surface area contributed by atoms with Crippen molar-refractivity contribution < 1.29 is 18.7 Å². The number of allylic oxidation sites excluding steroid dienone is 5. The molecule has 0 aliphatic carbocycles. The van der Waals surface area contributed by atoms with Gasteiger partial charge >= 0.3 is 6.09 Å². The number of carbonyl (C=O) groups is 1. The normalized spacial score (nSPS) is 20.0. The summed E-state index contributed by atoms with van der Waals surface area (Å²) >= 11 is 3.52. The summed E-state index contributed by atoms with van der Waals surface area (Å²) in [5, 5.41) is 0. The summed E-state index contributed by atoms with van der Waals surface area (Å²) in [6.07, 6.45) is 10.3. The van der Waals surface area contributed by atoms with Crippen molar-refractivity contribution in [2.45, 2.75) is 46.1 Å². The van der Waals surface area contributed by atoms with Crippen molar-refractivity contribution in [1.29, 1.82) is 0 Å². The lowest BCUT2D eigenvalue weighted by molar-refractivity contribution is 0.0276. The number of hydrogen-bond donors (Lipinski definition) is 0. The fourth-order valence-electron chi connectivity index (χ4n) is 4.84. The van der Waals surface area contributed by atoms with E-state index in [1.165, 1.54) is 18.5 Å². The Morgan fingerprint density at radius 1 is 1.21 bits per heavy atom. The van der Waals surface area contributed by atoms with Crippen LogP contribution >= 0.6 is 15.9 Å². The molecule has 1 unspecified atom stereocenters. The SMILES string of the molecule is C=C(/C(Br)=C\C=C/C)c1cc(F)ccc1Oc1cncnc1N1CCC2(CCN(C(=O)OC(C)(C)C)C2)C1. The van der Waals surface area contributed by atoms with E-state index in [0.29, 0.717) is 46.0 Å². The Balaban J connectivity index is 1.53. The molecular formula is C29H34BrFN4O3. The number of ether oxygens (including phenoxy) is 2. The van der Waals surface area contributed by atoms with Crippen LogP contribution in [0.15, 0.2) is 60.0 Å². The van der Waals surface area contributed by atoms with Crippen LogP contribution in [0, 0.1) is 11.2 Å². The van der Waals surface area contributed by atoms with E-state index in [1.54, 1.807) is 12.3 Å². The van der Waals surface area contributed by atoms with Gasteiger partial charge in [0.15, 0.2) is 11.6 Å². The third kappa shape index (κ3) is 6.43. The fourth-order valence-corrected chi connectivity index (χ4v) is 5.21. The lowest BCUT2D eigenvalue weighted by atomic mass is 9.86. The Hall–Kier alpha value is -3.20. The maximum atomic E-state index is 14.2.